The van der Waals surface area contributed by atoms with Crippen molar-refractivity contribution in [3.8, 4) is 0 Å². The molecule has 0 fully saturated rings. The molecule has 0 aliphatic carbocycles. The number of hydrogen-bond donors (Lipinski definition) is 2. The number of urea groups is 1. The van der Waals surface area contributed by atoms with Crippen molar-refractivity contribution >= 4 is 11.7 Å². The summed E-state index contributed by atoms with van der Waals surface area (Å²) in [4.78, 5) is 13.5. The van der Waals surface area contributed by atoms with Crippen molar-refractivity contribution in [3.05, 3.63) is 29.8 Å². The van der Waals surface area contributed by atoms with E-state index in [0.29, 0.717) is 19.6 Å². The van der Waals surface area contributed by atoms with Crippen molar-refractivity contribution in [1.29, 1.82) is 0 Å². The number of nitrogens with zero attached hydrogens (tertiary/aromatic N) is 1. The first-order valence-corrected chi connectivity index (χ1v) is 6.29. The Bertz CT molecular complexity index is 426. The van der Waals surface area contributed by atoms with Gasteiger partial charge in [0.05, 0.1) is 5.69 Å². The van der Waals surface area contributed by atoms with Crippen LogP contribution >= 0.6 is 0 Å². The number of nitrogens with two attached hydrogens (primary N) is 1. The largest absolute Gasteiger partial charge is 0.329 e. The average molecular weight is 271 g/mol. The molecular weight excluding hydrogens is 252 g/mol. The summed E-state index contributed by atoms with van der Waals surface area (Å²) in [5.41, 5.74) is 5.40. The lowest BCUT2D eigenvalue weighted by atomic mass is 10.3. The van der Waals surface area contributed by atoms with Crippen LogP contribution in [0.4, 0.5) is 19.3 Å². The quantitative estimate of drug-likeness (QED) is 0.835. The number of halogens is 2. The van der Waals surface area contributed by atoms with Crippen LogP contribution < -0.4 is 11.1 Å². The second-order valence-corrected chi connectivity index (χ2v) is 4.18. The number of unbranched alkanes of at least 4 members (excludes halogenated alkanes) is 1. The zero-order valence-electron chi connectivity index (χ0n) is 11.0. The molecule has 0 atom stereocenters. The van der Waals surface area contributed by atoms with Crippen molar-refractivity contribution < 1.29 is 13.6 Å². The van der Waals surface area contributed by atoms with Gasteiger partial charge < -0.3 is 16.0 Å². The molecule has 0 aliphatic rings. The summed E-state index contributed by atoms with van der Waals surface area (Å²) in [6.45, 7) is 3.30. The van der Waals surface area contributed by atoms with Crippen LogP contribution in [0.3, 0.4) is 0 Å². The minimum atomic E-state index is -0.795. The highest BCUT2D eigenvalue weighted by Gasteiger charge is 2.14. The molecule has 3 N–H and O–H groups in total. The van der Waals surface area contributed by atoms with E-state index in [1.54, 1.807) is 0 Å². The third-order valence-electron chi connectivity index (χ3n) is 2.64. The van der Waals surface area contributed by atoms with Gasteiger partial charge in [-0.25, -0.2) is 13.6 Å². The van der Waals surface area contributed by atoms with Crippen LogP contribution in [0.5, 0.6) is 0 Å². The Balaban J connectivity index is 2.69. The van der Waals surface area contributed by atoms with Gasteiger partial charge in [0, 0.05) is 25.7 Å². The molecule has 0 unspecified atom stereocenters. The molecule has 19 heavy (non-hydrogen) atoms. The average Bonchev–Trinajstić information content (AvgIpc) is 2.37. The van der Waals surface area contributed by atoms with Crippen LogP contribution in [0, 0.1) is 11.6 Å². The number of benzene rings is 1. The molecule has 0 saturated heterocycles. The van der Waals surface area contributed by atoms with Gasteiger partial charge in [-0.05, 0) is 18.6 Å². The first-order valence-electron chi connectivity index (χ1n) is 6.29. The van der Waals surface area contributed by atoms with E-state index in [0.717, 1.165) is 25.0 Å². The summed E-state index contributed by atoms with van der Waals surface area (Å²) in [5.74, 6) is -1.48. The zero-order chi connectivity index (χ0) is 14.3. The highest BCUT2D eigenvalue weighted by Crippen LogP contribution is 2.15. The van der Waals surface area contributed by atoms with Gasteiger partial charge >= 0.3 is 6.03 Å². The van der Waals surface area contributed by atoms with Crippen LogP contribution in [0.25, 0.3) is 0 Å². The summed E-state index contributed by atoms with van der Waals surface area (Å²) in [6.07, 6.45) is 1.79. The van der Waals surface area contributed by atoms with Gasteiger partial charge in [0.1, 0.15) is 11.6 Å². The first kappa shape index (κ1) is 15.4. The standard InChI is InChI=1S/C13H19F2N3O/c1-2-3-7-18(8-6-16)13(19)17-12-5-4-10(14)9-11(12)15/h4-5,9H,2-3,6-8,16H2,1H3,(H,17,19). The molecule has 106 valence electrons. The van der Waals surface area contributed by atoms with Crippen LogP contribution in [0.2, 0.25) is 0 Å². The predicted molar refractivity (Wildman–Crippen MR) is 70.9 cm³/mol. The molecule has 0 heterocycles. The highest BCUT2D eigenvalue weighted by molar-refractivity contribution is 5.89. The molecule has 2 amide bonds. The van der Waals surface area contributed by atoms with Crippen LogP contribution in [-0.4, -0.2) is 30.6 Å². The lowest BCUT2D eigenvalue weighted by molar-refractivity contribution is 0.212. The molecule has 0 saturated carbocycles. The Kier molecular flexibility index (Phi) is 6.21. The summed E-state index contributed by atoms with van der Waals surface area (Å²) < 4.78 is 26.2. The fourth-order valence-corrected chi connectivity index (χ4v) is 1.60. The van der Waals surface area contributed by atoms with E-state index in [2.05, 4.69) is 5.32 Å². The van der Waals surface area contributed by atoms with Crippen molar-refractivity contribution in [2.45, 2.75) is 19.8 Å². The fourth-order valence-electron chi connectivity index (χ4n) is 1.60. The third kappa shape index (κ3) is 4.82. The normalized spacial score (nSPS) is 10.3. The summed E-state index contributed by atoms with van der Waals surface area (Å²) >= 11 is 0. The molecule has 4 nitrogen and oxygen atoms in total. The molecule has 1 rings (SSSR count). The Morgan fingerprint density at radius 2 is 2.11 bits per heavy atom. The van der Waals surface area contributed by atoms with E-state index in [1.165, 1.54) is 11.0 Å². The van der Waals surface area contributed by atoms with Crippen LogP contribution in [0.1, 0.15) is 19.8 Å². The summed E-state index contributed by atoms with van der Waals surface area (Å²) in [5, 5.41) is 2.42. The lowest BCUT2D eigenvalue weighted by Gasteiger charge is -2.22. The lowest BCUT2D eigenvalue weighted by Crippen LogP contribution is -2.39. The van der Waals surface area contributed by atoms with Crippen molar-refractivity contribution in [2.24, 2.45) is 5.73 Å². The summed E-state index contributed by atoms with van der Waals surface area (Å²) in [7, 11) is 0. The van der Waals surface area contributed by atoms with E-state index < -0.39 is 17.7 Å². The Morgan fingerprint density at radius 1 is 1.37 bits per heavy atom. The maximum absolute atomic E-state index is 13.4. The van der Waals surface area contributed by atoms with Crippen molar-refractivity contribution in [1.82, 2.24) is 4.90 Å². The van der Waals surface area contributed by atoms with Crippen molar-refractivity contribution in [2.75, 3.05) is 25.0 Å². The van der Waals surface area contributed by atoms with E-state index >= 15 is 0 Å². The molecule has 0 spiro atoms. The van der Waals surface area contributed by atoms with Gasteiger partial charge in [-0.15, -0.1) is 0 Å². The molecule has 0 radical (unpaired) electrons. The fraction of sp³-hybridized carbons (Fsp3) is 0.462. The van der Waals surface area contributed by atoms with Crippen molar-refractivity contribution in [3.63, 3.8) is 0 Å². The minimum absolute atomic E-state index is 0.0371. The smallest absolute Gasteiger partial charge is 0.321 e. The topological polar surface area (TPSA) is 58.4 Å². The molecule has 0 bridgehead atoms. The van der Waals surface area contributed by atoms with Crippen LogP contribution in [-0.2, 0) is 0 Å². The van der Waals surface area contributed by atoms with Crippen LogP contribution in [0.15, 0.2) is 18.2 Å². The van der Waals surface area contributed by atoms with Gasteiger partial charge in [0.2, 0.25) is 0 Å². The second-order valence-electron chi connectivity index (χ2n) is 4.18. The molecule has 6 heteroatoms. The minimum Gasteiger partial charge on any atom is -0.329 e. The Morgan fingerprint density at radius 3 is 2.68 bits per heavy atom. The van der Waals surface area contributed by atoms with Gasteiger partial charge in [-0.2, -0.15) is 0 Å². The number of nitrogens with one attached hydrogen (secondary N) is 1. The molecular formula is C13H19F2N3O. The van der Waals surface area contributed by atoms with E-state index in [1.807, 2.05) is 6.92 Å². The SMILES string of the molecule is CCCCN(CCN)C(=O)Nc1ccc(F)cc1F. The number of rotatable bonds is 6. The number of carbonyl (C=O) groups is 1. The number of hydrogen-bond acceptors (Lipinski definition) is 2. The van der Waals surface area contributed by atoms with E-state index in [4.69, 9.17) is 5.73 Å². The maximum atomic E-state index is 13.4. The van der Waals surface area contributed by atoms with Gasteiger partial charge in [-0.1, -0.05) is 13.3 Å². The zero-order valence-corrected chi connectivity index (χ0v) is 11.0. The third-order valence-corrected chi connectivity index (χ3v) is 2.64. The summed E-state index contributed by atoms with van der Waals surface area (Å²) in [6, 6.07) is 2.60. The van der Waals surface area contributed by atoms with Gasteiger partial charge in [0.25, 0.3) is 0 Å². The number of anilines is 1. The number of carbonyl (C=O) groups excluding carboxylic acids is 1. The molecule has 1 aromatic rings. The van der Waals surface area contributed by atoms with E-state index in [9.17, 15) is 13.6 Å². The Hall–Kier alpha value is -1.69. The monoisotopic (exact) mass is 271 g/mol. The molecule has 0 aliphatic heterocycles. The Labute approximate surface area is 111 Å². The second kappa shape index (κ2) is 7.68. The molecule has 1 aromatic carbocycles. The maximum Gasteiger partial charge on any atom is 0.321 e. The van der Waals surface area contributed by atoms with Gasteiger partial charge in [-0.3, -0.25) is 0 Å². The first-order chi connectivity index (χ1) is 9.08. The van der Waals surface area contributed by atoms with E-state index in [-0.39, 0.29) is 5.69 Å². The van der Waals surface area contributed by atoms with Gasteiger partial charge in [0.15, 0.2) is 0 Å². The highest BCUT2D eigenvalue weighted by atomic mass is 19.1. The number of amides is 2. The molecule has 0 aromatic heterocycles. The predicted octanol–water partition coefficient (Wildman–Crippen LogP) is 2.56.